The van der Waals surface area contributed by atoms with Crippen molar-refractivity contribution < 1.29 is 14.5 Å². The van der Waals surface area contributed by atoms with Crippen molar-refractivity contribution in [3.63, 3.8) is 0 Å². The Morgan fingerprint density at radius 2 is 2.32 bits per heavy atom. The van der Waals surface area contributed by atoms with E-state index in [1.807, 2.05) is 0 Å². The molecule has 1 N–H and O–H groups in total. The molecule has 2 heterocycles. The summed E-state index contributed by atoms with van der Waals surface area (Å²) in [5.41, 5.74) is 1.50. The molecule has 1 aromatic heterocycles. The second kappa shape index (κ2) is 5.82. The van der Waals surface area contributed by atoms with Crippen LogP contribution in [0.25, 0.3) is 0 Å². The highest BCUT2D eigenvalue weighted by Crippen LogP contribution is 2.28. The number of ether oxygens (including phenoxy) is 1. The van der Waals surface area contributed by atoms with Crippen LogP contribution < -0.4 is 5.32 Å². The molecule has 114 valence electrons. The van der Waals surface area contributed by atoms with Crippen molar-refractivity contribution in [1.82, 2.24) is 4.98 Å². The van der Waals surface area contributed by atoms with Crippen molar-refractivity contribution in [1.29, 1.82) is 0 Å². The van der Waals surface area contributed by atoms with Crippen molar-refractivity contribution in [2.45, 2.75) is 20.0 Å². The van der Waals surface area contributed by atoms with E-state index in [-0.39, 0.29) is 11.3 Å². The average molecular weight is 319 g/mol. The van der Waals surface area contributed by atoms with Gasteiger partial charge in [-0.15, -0.1) is 0 Å². The lowest BCUT2D eigenvalue weighted by atomic mass is 10.1. The fourth-order valence-corrected chi connectivity index (χ4v) is 3.25. The van der Waals surface area contributed by atoms with Gasteiger partial charge in [-0.05, 0) is 13.0 Å². The van der Waals surface area contributed by atoms with E-state index in [1.165, 1.54) is 23.5 Å². The number of carbonyl (C=O) groups is 1. The number of rotatable bonds is 3. The SMILES string of the molecule is Cc1c(C(=O)Nc2nc3c(s2)COCC3)cccc1[N+](=O)[O-]. The van der Waals surface area contributed by atoms with Crippen molar-refractivity contribution in [2.24, 2.45) is 0 Å². The molecule has 0 aliphatic carbocycles. The lowest BCUT2D eigenvalue weighted by molar-refractivity contribution is -0.385. The van der Waals surface area contributed by atoms with Gasteiger partial charge in [0.15, 0.2) is 5.13 Å². The van der Waals surface area contributed by atoms with E-state index >= 15 is 0 Å². The molecule has 2 aromatic rings. The molecule has 0 spiro atoms. The topological polar surface area (TPSA) is 94.4 Å². The first-order valence-corrected chi connectivity index (χ1v) is 7.49. The third-order valence-corrected chi connectivity index (χ3v) is 4.45. The van der Waals surface area contributed by atoms with Gasteiger partial charge >= 0.3 is 0 Å². The third-order valence-electron chi connectivity index (χ3n) is 3.46. The average Bonchev–Trinajstić information content (AvgIpc) is 2.89. The van der Waals surface area contributed by atoms with Gasteiger partial charge in [0, 0.05) is 23.6 Å². The lowest BCUT2D eigenvalue weighted by Gasteiger charge is -2.08. The minimum absolute atomic E-state index is 0.0699. The number of nitro groups is 1. The zero-order valence-electron chi connectivity index (χ0n) is 11.8. The highest BCUT2D eigenvalue weighted by Gasteiger charge is 2.20. The number of nitrogens with one attached hydrogen (secondary N) is 1. The Hall–Kier alpha value is -2.32. The molecule has 1 aliphatic heterocycles. The number of benzene rings is 1. The summed E-state index contributed by atoms with van der Waals surface area (Å²) in [7, 11) is 0. The summed E-state index contributed by atoms with van der Waals surface area (Å²) < 4.78 is 5.34. The Balaban J connectivity index is 1.84. The number of anilines is 1. The quantitative estimate of drug-likeness (QED) is 0.693. The number of thiazole rings is 1. The highest BCUT2D eigenvalue weighted by atomic mass is 32.1. The largest absolute Gasteiger partial charge is 0.375 e. The van der Waals surface area contributed by atoms with Crippen LogP contribution in [0.5, 0.6) is 0 Å². The summed E-state index contributed by atoms with van der Waals surface area (Å²) in [6, 6.07) is 4.45. The minimum atomic E-state index is -0.494. The molecule has 0 saturated heterocycles. The second-order valence-corrected chi connectivity index (χ2v) is 5.94. The number of amides is 1. The maximum atomic E-state index is 12.3. The molecule has 22 heavy (non-hydrogen) atoms. The number of hydrogen-bond acceptors (Lipinski definition) is 6. The number of nitrogens with zero attached hydrogens (tertiary/aromatic N) is 2. The van der Waals surface area contributed by atoms with Gasteiger partial charge in [0.2, 0.25) is 0 Å². The lowest BCUT2D eigenvalue weighted by Crippen LogP contribution is -2.14. The maximum Gasteiger partial charge on any atom is 0.273 e. The number of fused-ring (bicyclic) bond motifs is 1. The van der Waals surface area contributed by atoms with E-state index in [1.54, 1.807) is 13.0 Å². The molecule has 1 amide bonds. The van der Waals surface area contributed by atoms with Gasteiger partial charge < -0.3 is 4.74 Å². The first-order chi connectivity index (χ1) is 10.6. The van der Waals surface area contributed by atoms with Crippen molar-refractivity contribution >= 4 is 28.1 Å². The summed E-state index contributed by atoms with van der Waals surface area (Å²) in [6.45, 7) is 2.71. The molecule has 0 fully saturated rings. The van der Waals surface area contributed by atoms with Gasteiger partial charge in [-0.1, -0.05) is 17.4 Å². The molecule has 7 nitrogen and oxygen atoms in total. The predicted octanol–water partition coefficient (Wildman–Crippen LogP) is 2.68. The summed E-state index contributed by atoms with van der Waals surface area (Å²) in [6.07, 6.45) is 0.734. The van der Waals surface area contributed by atoms with E-state index in [0.29, 0.717) is 23.9 Å². The van der Waals surface area contributed by atoms with E-state index in [9.17, 15) is 14.9 Å². The number of hydrogen-bond donors (Lipinski definition) is 1. The summed E-state index contributed by atoms with van der Waals surface area (Å²) in [5.74, 6) is -0.395. The monoisotopic (exact) mass is 319 g/mol. The van der Waals surface area contributed by atoms with Crippen LogP contribution in [-0.4, -0.2) is 22.4 Å². The fourth-order valence-electron chi connectivity index (χ4n) is 2.31. The van der Waals surface area contributed by atoms with Gasteiger partial charge in [0.05, 0.1) is 28.7 Å². The Labute approximate surface area is 130 Å². The molecule has 1 aliphatic rings. The van der Waals surface area contributed by atoms with E-state index in [2.05, 4.69) is 10.3 Å². The molecular formula is C14H13N3O4S. The van der Waals surface area contributed by atoms with Crippen LogP contribution >= 0.6 is 11.3 Å². The number of nitro benzene ring substituents is 1. The first-order valence-electron chi connectivity index (χ1n) is 6.68. The Bertz CT molecular complexity index is 733. The molecule has 3 rings (SSSR count). The molecule has 0 radical (unpaired) electrons. The second-order valence-electron chi connectivity index (χ2n) is 4.85. The summed E-state index contributed by atoms with van der Waals surface area (Å²) in [4.78, 5) is 28.2. The van der Waals surface area contributed by atoms with Crippen LogP contribution in [-0.2, 0) is 17.8 Å². The van der Waals surface area contributed by atoms with Gasteiger partial charge in [-0.3, -0.25) is 20.2 Å². The number of carbonyl (C=O) groups excluding carboxylic acids is 1. The van der Waals surface area contributed by atoms with E-state index in [0.717, 1.165) is 17.0 Å². The van der Waals surface area contributed by atoms with Crippen LogP contribution in [0.4, 0.5) is 10.8 Å². The molecule has 0 saturated carbocycles. The van der Waals surface area contributed by atoms with Crippen molar-refractivity contribution in [3.8, 4) is 0 Å². The summed E-state index contributed by atoms with van der Waals surface area (Å²) >= 11 is 1.37. The van der Waals surface area contributed by atoms with Gasteiger partial charge in [-0.25, -0.2) is 4.98 Å². The van der Waals surface area contributed by atoms with Gasteiger partial charge in [0.1, 0.15) is 0 Å². The van der Waals surface area contributed by atoms with Crippen LogP contribution in [0.1, 0.15) is 26.5 Å². The highest BCUT2D eigenvalue weighted by molar-refractivity contribution is 7.15. The zero-order chi connectivity index (χ0) is 15.7. The van der Waals surface area contributed by atoms with Crippen LogP contribution in [0, 0.1) is 17.0 Å². The Morgan fingerprint density at radius 3 is 3.05 bits per heavy atom. The van der Waals surface area contributed by atoms with E-state index in [4.69, 9.17) is 4.74 Å². The van der Waals surface area contributed by atoms with Crippen LogP contribution in [0.15, 0.2) is 18.2 Å². The molecule has 0 unspecified atom stereocenters. The van der Waals surface area contributed by atoms with Crippen LogP contribution in [0.3, 0.4) is 0 Å². The Morgan fingerprint density at radius 1 is 1.50 bits per heavy atom. The summed E-state index contributed by atoms with van der Waals surface area (Å²) in [5, 5.41) is 14.1. The normalized spacial score (nSPS) is 13.5. The minimum Gasteiger partial charge on any atom is -0.375 e. The van der Waals surface area contributed by atoms with Crippen molar-refractivity contribution in [3.05, 3.63) is 50.0 Å². The molecule has 8 heteroatoms. The maximum absolute atomic E-state index is 12.3. The fraction of sp³-hybridized carbons (Fsp3) is 0.286. The molecule has 0 atom stereocenters. The first kappa shape index (κ1) is 14.6. The van der Waals surface area contributed by atoms with Gasteiger partial charge in [0.25, 0.3) is 11.6 Å². The molecule has 1 aromatic carbocycles. The third kappa shape index (κ3) is 2.70. The standard InChI is InChI=1S/C14H13N3O4S/c1-8-9(3-2-4-11(8)17(19)20)13(18)16-14-15-10-5-6-21-7-12(10)22-14/h2-4H,5-7H2,1H3,(H,15,16,18). The molecule has 0 bridgehead atoms. The zero-order valence-corrected chi connectivity index (χ0v) is 12.6. The predicted molar refractivity (Wildman–Crippen MR) is 81.3 cm³/mol. The molecular weight excluding hydrogens is 306 g/mol. The number of aromatic nitrogens is 1. The van der Waals surface area contributed by atoms with E-state index < -0.39 is 10.8 Å². The Kier molecular flexibility index (Phi) is 3.86. The van der Waals surface area contributed by atoms with Crippen molar-refractivity contribution in [2.75, 3.05) is 11.9 Å². The van der Waals surface area contributed by atoms with Gasteiger partial charge in [-0.2, -0.15) is 0 Å². The smallest absolute Gasteiger partial charge is 0.273 e. The van der Waals surface area contributed by atoms with Crippen LogP contribution in [0.2, 0.25) is 0 Å².